The fraction of sp³-hybridized carbons (Fsp3) is 0.611. The largest absolute Gasteiger partial charge is 0.322 e. The Morgan fingerprint density at radius 2 is 1.86 bits per heavy atom. The first kappa shape index (κ1) is 14.6. The van der Waals surface area contributed by atoms with Crippen molar-refractivity contribution in [3.8, 4) is 0 Å². The highest BCUT2D eigenvalue weighted by Gasteiger charge is 2.36. The molecule has 1 aliphatic heterocycles. The lowest BCUT2D eigenvalue weighted by atomic mass is 9.87. The standard InChI is InChI=1S/C18H26N2O/c1-14-18(21)20(13-12-15-8-4-2-5-9-15)17(19-14)16-10-6-3-7-11-16/h3,6-7,10-11,14-15,17,19H,2,4-5,8-9,12-13H2,1H3. The Morgan fingerprint density at radius 1 is 1.14 bits per heavy atom. The summed E-state index contributed by atoms with van der Waals surface area (Å²) >= 11 is 0. The second-order valence-electron chi connectivity index (χ2n) is 6.53. The van der Waals surface area contributed by atoms with E-state index in [0.717, 1.165) is 18.9 Å². The smallest absolute Gasteiger partial charge is 0.241 e. The number of hydrogen-bond donors (Lipinski definition) is 1. The average molecular weight is 286 g/mol. The molecule has 1 aromatic carbocycles. The quantitative estimate of drug-likeness (QED) is 0.919. The molecule has 2 atom stereocenters. The first-order valence-electron chi connectivity index (χ1n) is 8.37. The number of nitrogens with zero attached hydrogens (tertiary/aromatic N) is 1. The molecule has 2 fully saturated rings. The summed E-state index contributed by atoms with van der Waals surface area (Å²) in [6, 6.07) is 10.3. The van der Waals surface area contributed by atoms with E-state index in [1.54, 1.807) is 0 Å². The summed E-state index contributed by atoms with van der Waals surface area (Å²) < 4.78 is 0. The Labute approximate surface area is 127 Å². The van der Waals surface area contributed by atoms with Gasteiger partial charge in [-0.05, 0) is 24.8 Å². The van der Waals surface area contributed by atoms with Crippen LogP contribution in [0.1, 0.15) is 57.2 Å². The van der Waals surface area contributed by atoms with Crippen molar-refractivity contribution < 1.29 is 4.79 Å². The van der Waals surface area contributed by atoms with Crippen molar-refractivity contribution in [1.29, 1.82) is 0 Å². The van der Waals surface area contributed by atoms with E-state index in [0.29, 0.717) is 0 Å². The summed E-state index contributed by atoms with van der Waals surface area (Å²) in [5.41, 5.74) is 1.19. The van der Waals surface area contributed by atoms with Crippen LogP contribution in [0, 0.1) is 5.92 Å². The van der Waals surface area contributed by atoms with E-state index in [1.807, 2.05) is 25.1 Å². The summed E-state index contributed by atoms with van der Waals surface area (Å²) in [7, 11) is 0. The molecular formula is C18H26N2O. The van der Waals surface area contributed by atoms with Gasteiger partial charge in [0.15, 0.2) is 0 Å². The van der Waals surface area contributed by atoms with Gasteiger partial charge in [0.1, 0.15) is 6.17 Å². The highest BCUT2D eigenvalue weighted by molar-refractivity contribution is 5.84. The highest BCUT2D eigenvalue weighted by atomic mass is 16.2. The number of rotatable bonds is 4. The number of amides is 1. The number of nitrogens with one attached hydrogen (secondary N) is 1. The van der Waals surface area contributed by atoms with Crippen molar-refractivity contribution in [1.82, 2.24) is 10.2 Å². The van der Waals surface area contributed by atoms with Crippen molar-refractivity contribution in [2.75, 3.05) is 6.54 Å². The molecule has 0 bridgehead atoms. The molecule has 0 radical (unpaired) electrons. The monoisotopic (exact) mass is 286 g/mol. The van der Waals surface area contributed by atoms with Crippen LogP contribution in [0.2, 0.25) is 0 Å². The Hall–Kier alpha value is -1.35. The van der Waals surface area contributed by atoms with Gasteiger partial charge in [-0.3, -0.25) is 10.1 Å². The second-order valence-corrected chi connectivity index (χ2v) is 6.53. The topological polar surface area (TPSA) is 32.3 Å². The van der Waals surface area contributed by atoms with Gasteiger partial charge in [-0.15, -0.1) is 0 Å². The summed E-state index contributed by atoms with van der Waals surface area (Å²) in [6.07, 6.45) is 8.04. The third kappa shape index (κ3) is 3.29. The van der Waals surface area contributed by atoms with E-state index in [1.165, 1.54) is 37.7 Å². The van der Waals surface area contributed by atoms with Crippen LogP contribution in [0.15, 0.2) is 30.3 Å². The number of benzene rings is 1. The minimum atomic E-state index is -0.0680. The maximum Gasteiger partial charge on any atom is 0.241 e. The fourth-order valence-corrected chi connectivity index (χ4v) is 3.72. The molecule has 1 heterocycles. The number of carbonyl (C=O) groups is 1. The molecule has 2 aliphatic rings. The Bertz CT molecular complexity index is 467. The molecule has 1 saturated heterocycles. The zero-order chi connectivity index (χ0) is 14.7. The molecule has 1 saturated carbocycles. The van der Waals surface area contributed by atoms with Gasteiger partial charge in [0, 0.05) is 6.54 Å². The molecule has 0 aromatic heterocycles. The zero-order valence-electron chi connectivity index (χ0n) is 12.9. The van der Waals surface area contributed by atoms with Crippen molar-refractivity contribution in [3.05, 3.63) is 35.9 Å². The van der Waals surface area contributed by atoms with Crippen LogP contribution in [-0.4, -0.2) is 23.4 Å². The molecule has 1 N–H and O–H groups in total. The highest BCUT2D eigenvalue weighted by Crippen LogP contribution is 2.30. The fourth-order valence-electron chi connectivity index (χ4n) is 3.72. The molecule has 21 heavy (non-hydrogen) atoms. The lowest BCUT2D eigenvalue weighted by Gasteiger charge is -2.28. The second kappa shape index (κ2) is 6.61. The van der Waals surface area contributed by atoms with Crippen LogP contribution < -0.4 is 5.32 Å². The van der Waals surface area contributed by atoms with Crippen molar-refractivity contribution in [3.63, 3.8) is 0 Å². The van der Waals surface area contributed by atoms with Gasteiger partial charge in [0.2, 0.25) is 5.91 Å². The van der Waals surface area contributed by atoms with Gasteiger partial charge in [0.25, 0.3) is 0 Å². The molecule has 3 rings (SSSR count). The van der Waals surface area contributed by atoms with E-state index >= 15 is 0 Å². The molecule has 3 heteroatoms. The molecule has 3 nitrogen and oxygen atoms in total. The van der Waals surface area contributed by atoms with Gasteiger partial charge < -0.3 is 4.90 Å². The Kier molecular flexibility index (Phi) is 4.59. The number of carbonyl (C=O) groups excluding carboxylic acids is 1. The van der Waals surface area contributed by atoms with Crippen molar-refractivity contribution in [2.45, 2.75) is 57.7 Å². The predicted octanol–water partition coefficient (Wildman–Crippen LogP) is 3.48. The first-order valence-corrected chi connectivity index (χ1v) is 8.37. The summed E-state index contributed by atoms with van der Waals surface area (Å²) in [6.45, 7) is 2.86. The molecular weight excluding hydrogens is 260 g/mol. The van der Waals surface area contributed by atoms with Gasteiger partial charge in [-0.1, -0.05) is 62.4 Å². The summed E-state index contributed by atoms with van der Waals surface area (Å²) in [4.78, 5) is 14.5. The molecule has 1 aromatic rings. The normalized spacial score (nSPS) is 27.3. The molecule has 2 unspecified atom stereocenters. The number of hydrogen-bond acceptors (Lipinski definition) is 2. The molecule has 114 valence electrons. The maximum absolute atomic E-state index is 12.4. The lowest BCUT2D eigenvalue weighted by Crippen LogP contribution is -2.32. The molecule has 1 aliphatic carbocycles. The van der Waals surface area contributed by atoms with E-state index < -0.39 is 0 Å². The van der Waals surface area contributed by atoms with Crippen LogP contribution in [0.5, 0.6) is 0 Å². The Balaban J connectivity index is 1.66. The lowest BCUT2D eigenvalue weighted by molar-refractivity contribution is -0.130. The van der Waals surface area contributed by atoms with Gasteiger partial charge in [0.05, 0.1) is 6.04 Å². The minimum absolute atomic E-state index is 0.0530. The summed E-state index contributed by atoms with van der Waals surface area (Å²) in [5, 5.41) is 3.43. The SMILES string of the molecule is CC1NC(c2ccccc2)N(CCC2CCCCC2)C1=O. The van der Waals surface area contributed by atoms with Crippen LogP contribution in [-0.2, 0) is 4.79 Å². The van der Waals surface area contributed by atoms with Crippen LogP contribution >= 0.6 is 0 Å². The molecule has 0 spiro atoms. The predicted molar refractivity (Wildman–Crippen MR) is 84.7 cm³/mol. The summed E-state index contributed by atoms with van der Waals surface area (Å²) in [5.74, 6) is 1.07. The third-order valence-corrected chi connectivity index (χ3v) is 4.99. The van der Waals surface area contributed by atoms with Crippen LogP contribution in [0.3, 0.4) is 0 Å². The van der Waals surface area contributed by atoms with Crippen molar-refractivity contribution >= 4 is 5.91 Å². The zero-order valence-corrected chi connectivity index (χ0v) is 12.9. The van der Waals surface area contributed by atoms with E-state index in [-0.39, 0.29) is 18.1 Å². The van der Waals surface area contributed by atoms with Gasteiger partial charge >= 0.3 is 0 Å². The third-order valence-electron chi connectivity index (χ3n) is 4.99. The van der Waals surface area contributed by atoms with E-state index in [9.17, 15) is 4.79 Å². The Morgan fingerprint density at radius 3 is 2.57 bits per heavy atom. The van der Waals surface area contributed by atoms with Crippen LogP contribution in [0.4, 0.5) is 0 Å². The van der Waals surface area contributed by atoms with Crippen LogP contribution in [0.25, 0.3) is 0 Å². The van der Waals surface area contributed by atoms with E-state index in [2.05, 4.69) is 22.3 Å². The maximum atomic E-state index is 12.4. The average Bonchev–Trinajstić information content (AvgIpc) is 2.82. The van der Waals surface area contributed by atoms with E-state index in [4.69, 9.17) is 0 Å². The van der Waals surface area contributed by atoms with Gasteiger partial charge in [-0.2, -0.15) is 0 Å². The molecule has 1 amide bonds. The van der Waals surface area contributed by atoms with Gasteiger partial charge in [-0.25, -0.2) is 0 Å². The first-order chi connectivity index (χ1) is 10.3. The minimum Gasteiger partial charge on any atom is -0.322 e. The van der Waals surface area contributed by atoms with Crippen molar-refractivity contribution in [2.24, 2.45) is 5.92 Å².